The van der Waals surface area contributed by atoms with Gasteiger partial charge in [0, 0.05) is 6.54 Å². The van der Waals surface area contributed by atoms with Crippen LogP contribution in [0.25, 0.3) is 0 Å². The van der Waals surface area contributed by atoms with Crippen LogP contribution in [0.4, 0.5) is 0 Å². The molecule has 88 valence electrons. The Morgan fingerprint density at radius 1 is 1.56 bits per heavy atom. The van der Waals surface area contributed by atoms with E-state index < -0.39 is 0 Å². The molecule has 0 radical (unpaired) electrons. The van der Waals surface area contributed by atoms with Crippen molar-refractivity contribution in [2.75, 3.05) is 6.54 Å². The van der Waals surface area contributed by atoms with E-state index in [4.69, 9.17) is 4.42 Å². The second kappa shape index (κ2) is 5.33. The zero-order chi connectivity index (χ0) is 11.5. The van der Waals surface area contributed by atoms with E-state index in [1.807, 2.05) is 6.07 Å². The van der Waals surface area contributed by atoms with Gasteiger partial charge in [-0.15, -0.1) is 0 Å². The molecule has 2 heterocycles. The largest absolute Gasteiger partial charge is 0.452 e. The van der Waals surface area contributed by atoms with Crippen LogP contribution in [-0.4, -0.2) is 18.5 Å². The average molecular weight is 352 g/mol. The summed E-state index contributed by atoms with van der Waals surface area (Å²) in [5.74, 6) is 0.882. The van der Waals surface area contributed by atoms with Crippen molar-refractivity contribution >= 4 is 37.8 Å². The Morgan fingerprint density at radius 3 is 3.00 bits per heavy atom. The van der Waals surface area contributed by atoms with Gasteiger partial charge in [0.05, 0.1) is 17.1 Å². The van der Waals surface area contributed by atoms with Crippen molar-refractivity contribution in [2.45, 2.75) is 25.4 Å². The number of nitrogens with one attached hydrogen (secondary N) is 2. The van der Waals surface area contributed by atoms with Gasteiger partial charge >= 0.3 is 0 Å². The van der Waals surface area contributed by atoms with Crippen LogP contribution in [0, 0.1) is 0 Å². The van der Waals surface area contributed by atoms with E-state index in [2.05, 4.69) is 42.5 Å². The molecular weight excluding hydrogens is 340 g/mol. The van der Waals surface area contributed by atoms with Crippen LogP contribution in [-0.2, 0) is 11.3 Å². The van der Waals surface area contributed by atoms with Gasteiger partial charge in [0.1, 0.15) is 5.76 Å². The van der Waals surface area contributed by atoms with Gasteiger partial charge in [-0.2, -0.15) is 0 Å². The molecule has 1 aromatic heterocycles. The third kappa shape index (κ3) is 2.87. The number of hydrogen-bond donors (Lipinski definition) is 2. The molecule has 1 aliphatic rings. The lowest BCUT2D eigenvalue weighted by atomic mass is 10.1. The second-order valence-corrected chi connectivity index (χ2v) is 5.28. The van der Waals surface area contributed by atoms with Crippen LogP contribution < -0.4 is 10.6 Å². The summed E-state index contributed by atoms with van der Waals surface area (Å²) in [6, 6.07) is 1.79. The Hall–Kier alpha value is -0.330. The fraction of sp³-hybridized carbons (Fsp3) is 0.500. The van der Waals surface area contributed by atoms with Crippen LogP contribution in [0.1, 0.15) is 18.6 Å². The summed E-state index contributed by atoms with van der Waals surface area (Å²) in [6.07, 6.45) is 1.91. The van der Waals surface area contributed by atoms with Crippen molar-refractivity contribution < 1.29 is 9.21 Å². The lowest BCUT2D eigenvalue weighted by molar-refractivity contribution is -0.124. The molecule has 0 aromatic carbocycles. The summed E-state index contributed by atoms with van der Waals surface area (Å²) in [5.41, 5.74) is 0. The first-order chi connectivity index (χ1) is 7.66. The molecule has 1 fully saturated rings. The van der Waals surface area contributed by atoms with Crippen molar-refractivity contribution in [3.8, 4) is 0 Å². The molecule has 1 unspecified atom stereocenters. The van der Waals surface area contributed by atoms with Gasteiger partial charge in [-0.1, -0.05) is 0 Å². The zero-order valence-electron chi connectivity index (χ0n) is 8.56. The van der Waals surface area contributed by atoms with E-state index in [1.54, 1.807) is 0 Å². The van der Waals surface area contributed by atoms with E-state index >= 15 is 0 Å². The van der Waals surface area contributed by atoms with Gasteiger partial charge in [-0.25, -0.2) is 0 Å². The number of carbonyl (C=O) groups is 1. The van der Waals surface area contributed by atoms with E-state index in [0.717, 1.165) is 29.6 Å². The van der Waals surface area contributed by atoms with Crippen molar-refractivity contribution in [3.05, 3.63) is 21.0 Å². The normalized spacial score (nSPS) is 20.9. The van der Waals surface area contributed by atoms with E-state index in [0.29, 0.717) is 11.2 Å². The van der Waals surface area contributed by atoms with Crippen molar-refractivity contribution in [1.29, 1.82) is 0 Å². The zero-order valence-corrected chi connectivity index (χ0v) is 11.7. The van der Waals surface area contributed by atoms with Crippen LogP contribution in [0.3, 0.4) is 0 Å². The van der Waals surface area contributed by atoms with Gasteiger partial charge in [0.15, 0.2) is 4.67 Å². The Labute approximate surface area is 110 Å². The molecule has 1 aliphatic heterocycles. The average Bonchev–Trinajstić information content (AvgIpc) is 2.57. The minimum Gasteiger partial charge on any atom is -0.452 e. The number of furan rings is 1. The molecule has 0 bridgehead atoms. The summed E-state index contributed by atoms with van der Waals surface area (Å²) >= 11 is 6.62. The third-order valence-electron chi connectivity index (χ3n) is 2.50. The number of amides is 1. The number of piperidine rings is 1. The fourth-order valence-corrected chi connectivity index (χ4v) is 2.33. The van der Waals surface area contributed by atoms with Gasteiger partial charge in [-0.3, -0.25) is 10.1 Å². The Balaban J connectivity index is 1.89. The number of rotatable bonds is 3. The monoisotopic (exact) mass is 350 g/mol. The molecule has 16 heavy (non-hydrogen) atoms. The summed E-state index contributed by atoms with van der Waals surface area (Å²) in [4.78, 5) is 11.5. The highest BCUT2D eigenvalue weighted by Crippen LogP contribution is 2.26. The highest BCUT2D eigenvalue weighted by atomic mass is 79.9. The van der Waals surface area contributed by atoms with Crippen molar-refractivity contribution in [3.63, 3.8) is 0 Å². The maximum Gasteiger partial charge on any atom is 0.237 e. The van der Waals surface area contributed by atoms with Gasteiger partial charge in [0.2, 0.25) is 5.91 Å². The minimum absolute atomic E-state index is 0.0796. The Bertz CT molecular complexity index is 373. The first-order valence-corrected chi connectivity index (χ1v) is 6.70. The predicted octanol–water partition coefficient (Wildman–Crippen LogP) is 2.17. The highest BCUT2D eigenvalue weighted by molar-refractivity contribution is 9.13. The Morgan fingerprint density at radius 2 is 2.38 bits per heavy atom. The minimum atomic E-state index is -0.101. The maximum absolute atomic E-state index is 11.5. The molecule has 1 atom stereocenters. The molecule has 0 aliphatic carbocycles. The van der Waals surface area contributed by atoms with Crippen LogP contribution in [0.15, 0.2) is 19.6 Å². The van der Waals surface area contributed by atoms with Crippen molar-refractivity contribution in [1.82, 2.24) is 10.6 Å². The first kappa shape index (κ1) is 12.1. The highest BCUT2D eigenvalue weighted by Gasteiger charge is 2.21. The lowest BCUT2D eigenvalue weighted by Crippen LogP contribution is -2.47. The fourth-order valence-electron chi connectivity index (χ4n) is 1.67. The van der Waals surface area contributed by atoms with E-state index in [1.165, 1.54) is 0 Å². The summed E-state index contributed by atoms with van der Waals surface area (Å²) in [5, 5.41) is 6.02. The predicted molar refractivity (Wildman–Crippen MR) is 67.0 cm³/mol. The smallest absolute Gasteiger partial charge is 0.237 e. The molecule has 2 rings (SSSR count). The number of carbonyl (C=O) groups excluding carboxylic acids is 1. The summed E-state index contributed by atoms with van der Waals surface area (Å²) in [6.45, 7) is 1.34. The molecule has 2 N–H and O–H groups in total. The van der Waals surface area contributed by atoms with Gasteiger partial charge in [0.25, 0.3) is 0 Å². The maximum atomic E-state index is 11.5. The molecule has 0 saturated carbocycles. The molecule has 1 aromatic rings. The summed E-state index contributed by atoms with van der Waals surface area (Å²) < 4.78 is 6.98. The van der Waals surface area contributed by atoms with Crippen LogP contribution in [0.5, 0.6) is 0 Å². The molecule has 1 saturated heterocycles. The molecule has 0 spiro atoms. The molecule has 6 heteroatoms. The molecule has 1 amide bonds. The number of halogens is 2. The van der Waals surface area contributed by atoms with Gasteiger partial charge < -0.3 is 9.73 Å². The third-order valence-corrected chi connectivity index (χ3v) is 4.21. The number of hydrogen-bond acceptors (Lipinski definition) is 3. The topological polar surface area (TPSA) is 54.3 Å². The second-order valence-electron chi connectivity index (χ2n) is 3.70. The molecular formula is C10H12Br2N2O2. The van der Waals surface area contributed by atoms with E-state index in [9.17, 15) is 4.79 Å². The van der Waals surface area contributed by atoms with Crippen LogP contribution in [0.2, 0.25) is 0 Å². The summed E-state index contributed by atoms with van der Waals surface area (Å²) in [7, 11) is 0. The SMILES string of the molecule is O=C1NCCCC1NCc1cc(Br)c(Br)o1. The van der Waals surface area contributed by atoms with Crippen LogP contribution >= 0.6 is 31.9 Å². The van der Waals surface area contributed by atoms with Gasteiger partial charge in [-0.05, 0) is 50.8 Å². The van der Waals surface area contributed by atoms with E-state index in [-0.39, 0.29) is 11.9 Å². The van der Waals surface area contributed by atoms with Crippen molar-refractivity contribution in [2.24, 2.45) is 0 Å². The molecule has 4 nitrogen and oxygen atoms in total. The quantitative estimate of drug-likeness (QED) is 0.877. The lowest BCUT2D eigenvalue weighted by Gasteiger charge is -2.22. The Kier molecular flexibility index (Phi) is 4.05. The first-order valence-electron chi connectivity index (χ1n) is 5.11. The standard InChI is InChI=1S/C10H12Br2N2O2/c11-7-4-6(16-9(7)12)5-14-8-2-1-3-13-10(8)15/h4,8,14H,1-3,5H2,(H,13,15).